The Kier molecular flexibility index (Phi) is 5.45. The standard InChI is InChI=1S/C28H27N3O9/c1-31(2)15-8-12(10-3-4-16-17(7-10)40-9-39-16)22(32)19-13(15)5-11-6-14-21(29)24(34)20(27(30)37)26(36)28(14,38)25(35)18(11)23(19)33/h3-4,7-8,11,14,21,32,34-35,38H,5-6,9,29H2,1-2H3,(H2,30,37)/t11-,14-,21-,28-/m0/s1. The Morgan fingerprint density at radius 2 is 1.80 bits per heavy atom. The Hall–Kier alpha value is -4.55. The van der Waals surface area contributed by atoms with E-state index in [1.807, 2.05) is 0 Å². The highest BCUT2D eigenvalue weighted by Gasteiger charge is 2.62. The van der Waals surface area contributed by atoms with Gasteiger partial charge in [-0.3, -0.25) is 14.4 Å². The maximum Gasteiger partial charge on any atom is 0.255 e. The van der Waals surface area contributed by atoms with E-state index in [4.69, 9.17) is 20.9 Å². The van der Waals surface area contributed by atoms with Gasteiger partial charge in [-0.1, -0.05) is 6.07 Å². The highest BCUT2D eigenvalue weighted by atomic mass is 16.7. The maximum atomic E-state index is 14.1. The van der Waals surface area contributed by atoms with E-state index < -0.39 is 58.0 Å². The van der Waals surface area contributed by atoms with E-state index in [1.165, 1.54) is 0 Å². The fourth-order valence-electron chi connectivity index (χ4n) is 6.45. The van der Waals surface area contributed by atoms with E-state index in [0.29, 0.717) is 33.9 Å². The van der Waals surface area contributed by atoms with E-state index in [2.05, 4.69) is 0 Å². The van der Waals surface area contributed by atoms with E-state index in [-0.39, 0.29) is 36.5 Å². The van der Waals surface area contributed by atoms with Gasteiger partial charge in [0, 0.05) is 36.8 Å². The molecule has 2 aromatic carbocycles. The number of allylic oxidation sites excluding steroid dienone is 1. The van der Waals surface area contributed by atoms with Crippen molar-refractivity contribution in [3.63, 3.8) is 0 Å². The molecule has 4 atom stereocenters. The van der Waals surface area contributed by atoms with Gasteiger partial charge in [0.25, 0.3) is 5.91 Å². The highest BCUT2D eigenvalue weighted by molar-refractivity contribution is 6.25. The third-order valence-corrected chi connectivity index (χ3v) is 8.40. The first-order chi connectivity index (χ1) is 18.9. The number of rotatable bonds is 3. The number of primary amides is 1. The molecule has 0 unspecified atom stereocenters. The second-order valence-electron chi connectivity index (χ2n) is 10.7. The van der Waals surface area contributed by atoms with Gasteiger partial charge in [-0.05, 0) is 48.1 Å². The van der Waals surface area contributed by atoms with Crippen LogP contribution in [0.4, 0.5) is 5.69 Å². The number of carbonyl (C=O) groups is 3. The molecule has 208 valence electrons. The summed E-state index contributed by atoms with van der Waals surface area (Å²) in [5.41, 5.74) is 9.37. The Morgan fingerprint density at radius 1 is 1.10 bits per heavy atom. The van der Waals surface area contributed by atoms with Crippen molar-refractivity contribution in [2.24, 2.45) is 23.3 Å². The maximum absolute atomic E-state index is 14.1. The van der Waals surface area contributed by atoms with Gasteiger partial charge in [-0.2, -0.15) is 0 Å². The van der Waals surface area contributed by atoms with Crippen LogP contribution in [-0.4, -0.2) is 70.4 Å². The van der Waals surface area contributed by atoms with Gasteiger partial charge in [0.1, 0.15) is 22.8 Å². The molecule has 0 bridgehead atoms. The topological polar surface area (TPSA) is 206 Å². The Balaban J connectivity index is 1.55. The third kappa shape index (κ3) is 3.23. The van der Waals surface area contributed by atoms with Crippen LogP contribution in [0.2, 0.25) is 0 Å². The molecule has 0 radical (unpaired) electrons. The number of aliphatic hydroxyl groups is 3. The number of aromatic hydroxyl groups is 1. The van der Waals surface area contributed by atoms with Crippen molar-refractivity contribution < 1.29 is 44.3 Å². The summed E-state index contributed by atoms with van der Waals surface area (Å²) < 4.78 is 10.8. The van der Waals surface area contributed by atoms with Gasteiger partial charge in [0.2, 0.25) is 12.6 Å². The first-order valence-corrected chi connectivity index (χ1v) is 12.6. The summed E-state index contributed by atoms with van der Waals surface area (Å²) in [6.07, 6.45) is 0.0885. The molecule has 1 aliphatic heterocycles. The molecule has 8 N–H and O–H groups in total. The second-order valence-corrected chi connectivity index (χ2v) is 10.7. The van der Waals surface area contributed by atoms with Crippen molar-refractivity contribution >= 4 is 23.2 Å². The number of hydrogen-bond acceptors (Lipinski definition) is 11. The molecule has 4 aliphatic rings. The van der Waals surface area contributed by atoms with Crippen LogP contribution in [0.15, 0.2) is 46.9 Å². The number of nitrogens with two attached hydrogens (primary N) is 2. The highest BCUT2D eigenvalue weighted by Crippen LogP contribution is 2.53. The molecule has 0 fully saturated rings. The van der Waals surface area contributed by atoms with Gasteiger partial charge in [0.15, 0.2) is 22.9 Å². The molecule has 12 heteroatoms. The van der Waals surface area contributed by atoms with Crippen LogP contribution >= 0.6 is 0 Å². The third-order valence-electron chi connectivity index (χ3n) is 8.40. The number of phenolic OH excluding ortho intramolecular Hbond substituents is 1. The zero-order valence-corrected chi connectivity index (χ0v) is 21.6. The lowest BCUT2D eigenvalue weighted by Gasteiger charge is -2.48. The number of benzene rings is 2. The summed E-state index contributed by atoms with van der Waals surface area (Å²) in [5.74, 6) is -6.46. The second kappa shape index (κ2) is 8.47. The average Bonchev–Trinajstić information content (AvgIpc) is 3.37. The zero-order valence-electron chi connectivity index (χ0n) is 21.6. The number of amides is 1. The van der Waals surface area contributed by atoms with Crippen LogP contribution < -0.4 is 25.8 Å². The quantitative estimate of drug-likeness (QED) is 0.298. The van der Waals surface area contributed by atoms with Gasteiger partial charge in [0.05, 0.1) is 11.6 Å². The first kappa shape index (κ1) is 25.7. The SMILES string of the molecule is CN(C)c1cc(-c2ccc3c(c2)OCO3)c(O)c2c1C[C@H]1C[C@H]3[C@H](N)C(O)=C(C(N)=O)C(=O)[C@@]3(O)C(O)=C1C2=O. The molecule has 0 saturated carbocycles. The predicted octanol–water partition coefficient (Wildman–Crippen LogP) is 0.979. The minimum Gasteiger partial charge on any atom is -0.510 e. The average molecular weight is 550 g/mol. The summed E-state index contributed by atoms with van der Waals surface area (Å²) in [5, 5.41) is 44.8. The number of nitrogens with zero attached hydrogens (tertiary/aromatic N) is 1. The monoisotopic (exact) mass is 549 g/mol. The van der Waals surface area contributed by atoms with Gasteiger partial charge in [-0.25, -0.2) is 0 Å². The summed E-state index contributed by atoms with van der Waals surface area (Å²) in [4.78, 5) is 41.0. The number of aliphatic hydroxyl groups excluding tert-OH is 2. The van der Waals surface area contributed by atoms with Crippen molar-refractivity contribution in [3.8, 4) is 28.4 Å². The van der Waals surface area contributed by atoms with E-state index in [1.54, 1.807) is 43.3 Å². The lowest BCUT2D eigenvalue weighted by atomic mass is 9.59. The van der Waals surface area contributed by atoms with Crippen LogP contribution in [0.3, 0.4) is 0 Å². The van der Waals surface area contributed by atoms with Crippen LogP contribution in [-0.2, 0) is 16.0 Å². The molecule has 3 aliphatic carbocycles. The number of ether oxygens (including phenoxy) is 2. The van der Waals surface area contributed by atoms with Crippen molar-refractivity contribution in [2.45, 2.75) is 24.5 Å². The minimum absolute atomic E-state index is 0.0575. The largest absolute Gasteiger partial charge is 0.510 e. The Bertz CT molecular complexity index is 1610. The molecular formula is C28H27N3O9. The molecule has 1 heterocycles. The zero-order chi connectivity index (χ0) is 28.8. The van der Waals surface area contributed by atoms with Gasteiger partial charge >= 0.3 is 0 Å². The number of hydrogen-bond donors (Lipinski definition) is 6. The molecule has 0 aromatic heterocycles. The minimum atomic E-state index is -2.76. The molecule has 2 aromatic rings. The number of ketones is 2. The van der Waals surface area contributed by atoms with Crippen LogP contribution in [0.1, 0.15) is 22.3 Å². The van der Waals surface area contributed by atoms with Gasteiger partial charge in [-0.15, -0.1) is 0 Å². The van der Waals surface area contributed by atoms with Crippen molar-refractivity contribution in [1.29, 1.82) is 0 Å². The van der Waals surface area contributed by atoms with Crippen LogP contribution in [0.5, 0.6) is 17.2 Å². The summed E-state index contributed by atoms with van der Waals surface area (Å²) in [6, 6.07) is 5.42. The summed E-state index contributed by atoms with van der Waals surface area (Å²) >= 11 is 0. The molecule has 0 spiro atoms. The van der Waals surface area contributed by atoms with Crippen molar-refractivity contribution in [1.82, 2.24) is 0 Å². The fraction of sp³-hybridized carbons (Fsp3) is 0.321. The van der Waals surface area contributed by atoms with Crippen LogP contribution in [0, 0.1) is 11.8 Å². The van der Waals surface area contributed by atoms with E-state index in [9.17, 15) is 34.8 Å². The lowest BCUT2D eigenvalue weighted by Crippen LogP contribution is -2.63. The summed E-state index contributed by atoms with van der Waals surface area (Å²) in [7, 11) is 3.57. The Morgan fingerprint density at radius 3 is 2.48 bits per heavy atom. The fourth-order valence-corrected chi connectivity index (χ4v) is 6.45. The van der Waals surface area contributed by atoms with Crippen molar-refractivity contribution in [3.05, 3.63) is 58.1 Å². The normalized spacial score (nSPS) is 26.9. The number of Topliss-reactive ketones (excluding diaryl/α,β-unsaturated/α-hetero) is 2. The molecule has 0 saturated heterocycles. The number of phenols is 1. The van der Waals surface area contributed by atoms with Crippen molar-refractivity contribution in [2.75, 3.05) is 25.8 Å². The lowest BCUT2D eigenvalue weighted by molar-refractivity contribution is -0.145. The molecule has 1 amide bonds. The Labute approximate surface area is 227 Å². The van der Waals surface area contributed by atoms with E-state index >= 15 is 0 Å². The van der Waals surface area contributed by atoms with Gasteiger partial charge < -0.3 is 46.3 Å². The molecule has 12 nitrogen and oxygen atoms in total. The predicted molar refractivity (Wildman–Crippen MR) is 140 cm³/mol. The molecular weight excluding hydrogens is 522 g/mol. The number of fused-ring (bicyclic) bond motifs is 4. The van der Waals surface area contributed by atoms with Crippen LogP contribution in [0.25, 0.3) is 11.1 Å². The summed E-state index contributed by atoms with van der Waals surface area (Å²) in [6.45, 7) is 0.0575. The first-order valence-electron chi connectivity index (χ1n) is 12.6. The van der Waals surface area contributed by atoms with E-state index in [0.717, 1.165) is 0 Å². The number of carbonyl (C=O) groups excluding carboxylic acids is 3. The smallest absolute Gasteiger partial charge is 0.255 e. The number of anilines is 1. The molecule has 40 heavy (non-hydrogen) atoms. The molecule has 6 rings (SSSR count).